The van der Waals surface area contributed by atoms with E-state index in [-0.39, 0.29) is 17.9 Å². The van der Waals surface area contributed by atoms with Gasteiger partial charge in [0.1, 0.15) is 0 Å². The van der Waals surface area contributed by atoms with Gasteiger partial charge in [0.05, 0.1) is 0 Å². The fraction of sp³-hybridized carbons (Fsp3) is 0.917. The Balaban J connectivity index is 2.52. The first-order chi connectivity index (χ1) is 8.78. The molecule has 0 unspecified atom stereocenters. The maximum absolute atomic E-state index is 12.0. The zero-order chi connectivity index (χ0) is 14.6. The lowest BCUT2D eigenvalue weighted by molar-refractivity contribution is -0.126. The lowest BCUT2D eigenvalue weighted by Gasteiger charge is -2.32. The van der Waals surface area contributed by atoms with Gasteiger partial charge in [0, 0.05) is 39.1 Å². The minimum atomic E-state index is -3.34. The Kier molecular flexibility index (Phi) is 5.76. The SMILES string of the molecule is CC[C@H](C)NC(=O)C1CCN(S(=O)(=O)N(C)C)CC1. The fourth-order valence-corrected chi connectivity index (χ4v) is 3.18. The van der Waals surface area contributed by atoms with Crippen LogP contribution >= 0.6 is 0 Å². The molecule has 1 aliphatic rings. The quantitative estimate of drug-likeness (QED) is 0.798. The van der Waals surface area contributed by atoms with Crippen LogP contribution in [0.15, 0.2) is 0 Å². The molecule has 1 aliphatic heterocycles. The van der Waals surface area contributed by atoms with E-state index < -0.39 is 10.2 Å². The number of piperidine rings is 1. The van der Waals surface area contributed by atoms with Crippen molar-refractivity contribution in [3.63, 3.8) is 0 Å². The molecule has 1 atom stereocenters. The largest absolute Gasteiger partial charge is 0.353 e. The van der Waals surface area contributed by atoms with Gasteiger partial charge in [-0.15, -0.1) is 0 Å². The number of carbonyl (C=O) groups is 1. The van der Waals surface area contributed by atoms with Crippen LogP contribution in [0.1, 0.15) is 33.1 Å². The van der Waals surface area contributed by atoms with Gasteiger partial charge in [-0.3, -0.25) is 4.79 Å². The standard InChI is InChI=1S/C12H25N3O3S/c1-5-10(2)13-12(16)11-6-8-15(9-7-11)19(17,18)14(3)4/h10-11H,5-9H2,1-4H3,(H,13,16)/t10-/m0/s1. The summed E-state index contributed by atoms with van der Waals surface area (Å²) in [5, 5.41) is 2.96. The molecule has 0 radical (unpaired) electrons. The van der Waals surface area contributed by atoms with Gasteiger partial charge in [0.2, 0.25) is 5.91 Å². The van der Waals surface area contributed by atoms with Crippen LogP contribution in [-0.2, 0) is 15.0 Å². The molecule has 1 amide bonds. The number of nitrogens with zero attached hydrogens (tertiary/aromatic N) is 2. The molecule has 0 spiro atoms. The molecule has 7 heteroatoms. The van der Waals surface area contributed by atoms with Gasteiger partial charge in [-0.1, -0.05) is 6.92 Å². The van der Waals surface area contributed by atoms with Crippen molar-refractivity contribution < 1.29 is 13.2 Å². The zero-order valence-corrected chi connectivity index (χ0v) is 13.0. The summed E-state index contributed by atoms with van der Waals surface area (Å²) in [6.07, 6.45) is 2.09. The molecule has 0 aliphatic carbocycles. The third-order valence-electron chi connectivity index (χ3n) is 3.61. The van der Waals surface area contributed by atoms with Crippen LogP contribution in [-0.4, -0.2) is 56.2 Å². The monoisotopic (exact) mass is 291 g/mol. The van der Waals surface area contributed by atoms with Crippen LogP contribution in [0.5, 0.6) is 0 Å². The van der Waals surface area contributed by atoms with E-state index in [1.54, 1.807) is 0 Å². The second-order valence-electron chi connectivity index (χ2n) is 5.28. The van der Waals surface area contributed by atoms with Gasteiger partial charge in [-0.05, 0) is 26.2 Å². The Hall–Kier alpha value is -0.660. The zero-order valence-electron chi connectivity index (χ0n) is 12.2. The van der Waals surface area contributed by atoms with Crippen molar-refractivity contribution in [1.82, 2.24) is 13.9 Å². The molecule has 0 aromatic heterocycles. The normalized spacial score (nSPS) is 20.5. The first-order valence-corrected chi connectivity index (χ1v) is 8.16. The molecule has 1 heterocycles. The summed E-state index contributed by atoms with van der Waals surface area (Å²) in [7, 11) is -0.292. The van der Waals surface area contributed by atoms with Gasteiger partial charge in [0.15, 0.2) is 0 Å². The smallest absolute Gasteiger partial charge is 0.281 e. The number of nitrogens with one attached hydrogen (secondary N) is 1. The van der Waals surface area contributed by atoms with E-state index in [1.807, 2.05) is 13.8 Å². The fourth-order valence-electron chi connectivity index (χ4n) is 2.04. The summed E-state index contributed by atoms with van der Waals surface area (Å²) in [4.78, 5) is 12.0. The number of hydrogen-bond acceptors (Lipinski definition) is 3. The minimum absolute atomic E-state index is 0.0521. The van der Waals surface area contributed by atoms with Crippen LogP contribution in [0.4, 0.5) is 0 Å². The molecule has 6 nitrogen and oxygen atoms in total. The first-order valence-electron chi connectivity index (χ1n) is 6.77. The predicted octanol–water partition coefficient (Wildman–Crippen LogP) is 0.420. The molecule has 1 N–H and O–H groups in total. The predicted molar refractivity (Wildman–Crippen MR) is 74.8 cm³/mol. The molecule has 0 aromatic rings. The second kappa shape index (κ2) is 6.67. The van der Waals surface area contributed by atoms with Crippen molar-refractivity contribution in [2.24, 2.45) is 5.92 Å². The lowest BCUT2D eigenvalue weighted by atomic mass is 9.97. The minimum Gasteiger partial charge on any atom is -0.353 e. The van der Waals surface area contributed by atoms with E-state index in [4.69, 9.17) is 0 Å². The maximum atomic E-state index is 12.0. The Morgan fingerprint density at radius 1 is 1.37 bits per heavy atom. The number of rotatable bonds is 5. The highest BCUT2D eigenvalue weighted by molar-refractivity contribution is 7.86. The number of carbonyl (C=O) groups excluding carboxylic acids is 1. The highest BCUT2D eigenvalue weighted by Gasteiger charge is 2.32. The van der Waals surface area contributed by atoms with E-state index in [2.05, 4.69) is 5.32 Å². The highest BCUT2D eigenvalue weighted by atomic mass is 32.2. The van der Waals surface area contributed by atoms with E-state index in [0.29, 0.717) is 25.9 Å². The van der Waals surface area contributed by atoms with E-state index >= 15 is 0 Å². The van der Waals surface area contributed by atoms with E-state index in [1.165, 1.54) is 22.7 Å². The Morgan fingerprint density at radius 3 is 2.32 bits per heavy atom. The third-order valence-corrected chi connectivity index (χ3v) is 5.55. The molecule has 1 rings (SSSR count). The van der Waals surface area contributed by atoms with Crippen molar-refractivity contribution in [1.29, 1.82) is 0 Å². The summed E-state index contributed by atoms with van der Waals surface area (Å²) >= 11 is 0. The Morgan fingerprint density at radius 2 is 1.89 bits per heavy atom. The Bertz CT molecular complexity index is 400. The van der Waals surface area contributed by atoms with Crippen LogP contribution < -0.4 is 5.32 Å². The molecule has 112 valence electrons. The van der Waals surface area contributed by atoms with Crippen molar-refractivity contribution in [3.8, 4) is 0 Å². The summed E-state index contributed by atoms with van der Waals surface area (Å²) in [5.74, 6) is -0.0149. The van der Waals surface area contributed by atoms with Gasteiger partial charge < -0.3 is 5.32 Å². The molecular formula is C12H25N3O3S. The van der Waals surface area contributed by atoms with Crippen LogP contribution in [0, 0.1) is 5.92 Å². The highest BCUT2D eigenvalue weighted by Crippen LogP contribution is 2.20. The van der Waals surface area contributed by atoms with E-state index in [9.17, 15) is 13.2 Å². The maximum Gasteiger partial charge on any atom is 0.281 e. The van der Waals surface area contributed by atoms with Gasteiger partial charge >= 0.3 is 0 Å². The lowest BCUT2D eigenvalue weighted by Crippen LogP contribution is -2.47. The van der Waals surface area contributed by atoms with Crippen LogP contribution in [0.3, 0.4) is 0 Å². The van der Waals surface area contributed by atoms with Crippen molar-refractivity contribution in [3.05, 3.63) is 0 Å². The van der Waals surface area contributed by atoms with E-state index in [0.717, 1.165) is 6.42 Å². The van der Waals surface area contributed by atoms with Crippen molar-refractivity contribution in [2.45, 2.75) is 39.2 Å². The molecule has 1 fully saturated rings. The first kappa shape index (κ1) is 16.4. The van der Waals surface area contributed by atoms with Crippen LogP contribution in [0.2, 0.25) is 0 Å². The third kappa shape index (κ3) is 4.15. The molecule has 1 saturated heterocycles. The molecular weight excluding hydrogens is 266 g/mol. The van der Waals surface area contributed by atoms with Crippen molar-refractivity contribution >= 4 is 16.1 Å². The van der Waals surface area contributed by atoms with Gasteiger partial charge in [0.25, 0.3) is 10.2 Å². The number of hydrogen-bond donors (Lipinski definition) is 1. The summed E-state index contributed by atoms with van der Waals surface area (Å²) < 4.78 is 26.5. The molecule has 0 bridgehead atoms. The van der Waals surface area contributed by atoms with Gasteiger partial charge in [-0.25, -0.2) is 0 Å². The molecule has 19 heavy (non-hydrogen) atoms. The molecule has 0 aromatic carbocycles. The Labute approximate surface area is 116 Å². The average molecular weight is 291 g/mol. The topological polar surface area (TPSA) is 69.7 Å². The summed E-state index contributed by atoms with van der Waals surface area (Å²) in [5.41, 5.74) is 0. The van der Waals surface area contributed by atoms with Crippen LogP contribution in [0.25, 0.3) is 0 Å². The number of amides is 1. The average Bonchev–Trinajstić information content (AvgIpc) is 2.38. The molecule has 0 saturated carbocycles. The van der Waals surface area contributed by atoms with Gasteiger partial charge in [-0.2, -0.15) is 17.0 Å². The summed E-state index contributed by atoms with van der Waals surface area (Å²) in [6.45, 7) is 4.83. The second-order valence-corrected chi connectivity index (χ2v) is 7.42. The van der Waals surface area contributed by atoms with Crippen molar-refractivity contribution in [2.75, 3.05) is 27.2 Å². The summed E-state index contributed by atoms with van der Waals surface area (Å²) in [6, 6.07) is 0.177.